The van der Waals surface area contributed by atoms with Crippen LogP contribution in [0.2, 0.25) is 0 Å². The molecule has 0 saturated carbocycles. The van der Waals surface area contributed by atoms with E-state index in [-0.39, 0.29) is 11.9 Å². The predicted molar refractivity (Wildman–Crippen MR) is 95.5 cm³/mol. The highest BCUT2D eigenvalue weighted by Crippen LogP contribution is 2.27. The molecule has 3 rings (SSSR count). The van der Waals surface area contributed by atoms with E-state index in [1.54, 1.807) is 0 Å². The summed E-state index contributed by atoms with van der Waals surface area (Å²) >= 11 is 0. The zero-order valence-electron chi connectivity index (χ0n) is 15.0. The molecule has 0 bridgehead atoms. The van der Waals surface area contributed by atoms with Gasteiger partial charge in [-0.25, -0.2) is 4.39 Å². The van der Waals surface area contributed by atoms with Crippen LogP contribution in [-0.4, -0.2) is 59.3 Å². The van der Waals surface area contributed by atoms with Crippen molar-refractivity contribution in [3.8, 4) is 0 Å². The van der Waals surface area contributed by atoms with Crippen molar-refractivity contribution in [1.82, 2.24) is 9.80 Å². The first-order chi connectivity index (χ1) is 11.5. The van der Waals surface area contributed by atoms with Gasteiger partial charge in [-0.05, 0) is 82.8 Å². The van der Waals surface area contributed by atoms with Crippen LogP contribution < -0.4 is 0 Å². The van der Waals surface area contributed by atoms with Gasteiger partial charge >= 0.3 is 0 Å². The zero-order valence-corrected chi connectivity index (χ0v) is 15.0. The number of piperidine rings is 2. The molecule has 2 atom stereocenters. The third kappa shape index (κ3) is 4.35. The third-order valence-corrected chi connectivity index (χ3v) is 5.91. The van der Waals surface area contributed by atoms with Gasteiger partial charge in [0.05, 0.1) is 6.10 Å². The van der Waals surface area contributed by atoms with E-state index in [0.29, 0.717) is 18.0 Å². The lowest BCUT2D eigenvalue weighted by Gasteiger charge is -2.44. The third-order valence-electron chi connectivity index (χ3n) is 5.91. The summed E-state index contributed by atoms with van der Waals surface area (Å²) < 4.78 is 13.0. The van der Waals surface area contributed by atoms with Gasteiger partial charge in [-0.15, -0.1) is 0 Å². The molecule has 2 aliphatic heterocycles. The van der Waals surface area contributed by atoms with Gasteiger partial charge in [-0.1, -0.05) is 12.1 Å². The van der Waals surface area contributed by atoms with Crippen LogP contribution in [0.25, 0.3) is 0 Å². The number of β-amino-alcohol motifs (C(OH)–C–C–N with tert-alkyl or cyclic N) is 1. The normalized spacial score (nSPS) is 27.7. The molecule has 24 heavy (non-hydrogen) atoms. The Labute approximate surface area is 145 Å². The molecule has 0 unspecified atom stereocenters. The van der Waals surface area contributed by atoms with Crippen molar-refractivity contribution in [3.05, 3.63) is 35.6 Å². The van der Waals surface area contributed by atoms with Crippen LogP contribution in [0.3, 0.4) is 0 Å². The van der Waals surface area contributed by atoms with Crippen molar-refractivity contribution in [2.45, 2.75) is 57.7 Å². The molecule has 0 aliphatic carbocycles. The smallest absolute Gasteiger partial charge is 0.123 e. The summed E-state index contributed by atoms with van der Waals surface area (Å²) in [5.41, 5.74) is 1.12. The van der Waals surface area contributed by atoms with Crippen LogP contribution in [0.5, 0.6) is 0 Å². The summed E-state index contributed by atoms with van der Waals surface area (Å²) in [7, 11) is 0. The van der Waals surface area contributed by atoms with Crippen molar-refractivity contribution < 1.29 is 9.50 Å². The van der Waals surface area contributed by atoms with Gasteiger partial charge in [0.2, 0.25) is 0 Å². The fourth-order valence-electron chi connectivity index (χ4n) is 4.27. The maximum atomic E-state index is 13.0. The molecule has 2 aliphatic rings. The number of aliphatic hydroxyl groups excluding tert-OH is 1. The molecular weight excluding hydrogens is 303 g/mol. The van der Waals surface area contributed by atoms with E-state index in [1.807, 2.05) is 12.1 Å². The number of rotatable bonds is 4. The number of hydrogen-bond acceptors (Lipinski definition) is 3. The number of benzene rings is 1. The van der Waals surface area contributed by atoms with Gasteiger partial charge in [0.15, 0.2) is 0 Å². The molecule has 1 N–H and O–H groups in total. The second-order valence-electron chi connectivity index (χ2n) is 7.80. The van der Waals surface area contributed by atoms with Gasteiger partial charge in [0, 0.05) is 18.6 Å². The average molecular weight is 334 g/mol. The molecule has 0 aromatic heterocycles. The monoisotopic (exact) mass is 334 g/mol. The van der Waals surface area contributed by atoms with Crippen molar-refractivity contribution >= 4 is 0 Å². The summed E-state index contributed by atoms with van der Waals surface area (Å²) in [5.74, 6) is 0.101. The molecule has 1 aromatic rings. The van der Waals surface area contributed by atoms with E-state index in [1.165, 1.54) is 38.1 Å². The fourth-order valence-corrected chi connectivity index (χ4v) is 4.27. The van der Waals surface area contributed by atoms with E-state index in [0.717, 1.165) is 31.5 Å². The Kier molecular flexibility index (Phi) is 5.90. The second kappa shape index (κ2) is 7.94. The standard InChI is InChI=1S/C20H31FN2O/c1-15(2)22-11-8-19(9-12-22)23-10-7-17(20(24)14-23)13-16-3-5-18(21)6-4-16/h3-6,15,17,19-20,24H,7-14H2,1-2H3/t17-,20+/m1/s1. The Hall–Kier alpha value is -0.970. The average Bonchev–Trinajstić information content (AvgIpc) is 2.58. The Morgan fingerprint density at radius 3 is 2.33 bits per heavy atom. The van der Waals surface area contributed by atoms with Crippen LogP contribution >= 0.6 is 0 Å². The second-order valence-corrected chi connectivity index (χ2v) is 7.80. The Morgan fingerprint density at radius 1 is 1.08 bits per heavy atom. The molecule has 0 radical (unpaired) electrons. The van der Waals surface area contributed by atoms with Crippen molar-refractivity contribution in [2.75, 3.05) is 26.2 Å². The molecule has 2 heterocycles. The first kappa shape index (κ1) is 17.8. The fraction of sp³-hybridized carbons (Fsp3) is 0.700. The Balaban J connectivity index is 1.49. The molecule has 134 valence electrons. The minimum Gasteiger partial charge on any atom is -0.391 e. The molecule has 3 nitrogen and oxygen atoms in total. The highest BCUT2D eigenvalue weighted by molar-refractivity contribution is 5.17. The summed E-state index contributed by atoms with van der Waals surface area (Å²) in [4.78, 5) is 5.05. The minimum atomic E-state index is -0.271. The lowest BCUT2D eigenvalue weighted by atomic mass is 9.86. The van der Waals surface area contributed by atoms with Crippen LogP contribution in [-0.2, 0) is 6.42 Å². The molecule has 2 fully saturated rings. The molecule has 1 aromatic carbocycles. The van der Waals surface area contributed by atoms with Crippen LogP contribution in [0.15, 0.2) is 24.3 Å². The van der Waals surface area contributed by atoms with E-state index in [9.17, 15) is 9.50 Å². The van der Waals surface area contributed by atoms with Gasteiger partial charge in [-0.3, -0.25) is 4.90 Å². The summed E-state index contributed by atoms with van der Waals surface area (Å²) in [6.07, 6.45) is 4.04. The minimum absolute atomic E-state index is 0.193. The van der Waals surface area contributed by atoms with Gasteiger partial charge in [0.1, 0.15) is 5.82 Å². The molecule has 2 saturated heterocycles. The lowest BCUT2D eigenvalue weighted by molar-refractivity contribution is -0.0117. The van der Waals surface area contributed by atoms with E-state index in [4.69, 9.17) is 0 Å². The van der Waals surface area contributed by atoms with Crippen LogP contribution in [0, 0.1) is 11.7 Å². The van der Waals surface area contributed by atoms with Crippen molar-refractivity contribution in [3.63, 3.8) is 0 Å². The summed E-state index contributed by atoms with van der Waals surface area (Å²) in [6, 6.07) is 7.98. The number of halogens is 1. The van der Waals surface area contributed by atoms with E-state index >= 15 is 0 Å². The topological polar surface area (TPSA) is 26.7 Å². The highest BCUT2D eigenvalue weighted by atomic mass is 19.1. The summed E-state index contributed by atoms with van der Waals surface area (Å²) in [6.45, 7) is 8.76. The highest BCUT2D eigenvalue weighted by Gasteiger charge is 2.33. The van der Waals surface area contributed by atoms with Gasteiger partial charge in [-0.2, -0.15) is 0 Å². The van der Waals surface area contributed by atoms with E-state index < -0.39 is 0 Å². The van der Waals surface area contributed by atoms with Gasteiger partial charge < -0.3 is 10.0 Å². The first-order valence-corrected chi connectivity index (χ1v) is 9.43. The quantitative estimate of drug-likeness (QED) is 0.917. The maximum absolute atomic E-state index is 13.0. The molecule has 0 spiro atoms. The Morgan fingerprint density at radius 2 is 1.75 bits per heavy atom. The molecule has 0 amide bonds. The first-order valence-electron chi connectivity index (χ1n) is 9.43. The van der Waals surface area contributed by atoms with Crippen molar-refractivity contribution in [2.24, 2.45) is 5.92 Å². The number of nitrogens with zero attached hydrogens (tertiary/aromatic N) is 2. The zero-order chi connectivity index (χ0) is 17.1. The van der Waals surface area contributed by atoms with Crippen LogP contribution in [0.1, 0.15) is 38.7 Å². The maximum Gasteiger partial charge on any atom is 0.123 e. The molecular formula is C20H31FN2O. The number of likely N-dealkylation sites (tertiary alicyclic amines) is 2. The Bertz CT molecular complexity index is 511. The lowest BCUT2D eigenvalue weighted by Crippen LogP contribution is -2.52. The van der Waals surface area contributed by atoms with E-state index in [2.05, 4.69) is 23.6 Å². The predicted octanol–water partition coefficient (Wildman–Crippen LogP) is 2.92. The van der Waals surface area contributed by atoms with Gasteiger partial charge in [0.25, 0.3) is 0 Å². The number of hydrogen-bond donors (Lipinski definition) is 1. The largest absolute Gasteiger partial charge is 0.391 e. The van der Waals surface area contributed by atoms with Crippen molar-refractivity contribution in [1.29, 1.82) is 0 Å². The molecule has 4 heteroatoms. The SMILES string of the molecule is CC(C)N1CCC(N2CC[C@H](Cc3ccc(F)cc3)[C@@H](O)C2)CC1. The van der Waals surface area contributed by atoms with Crippen LogP contribution in [0.4, 0.5) is 4.39 Å². The number of aliphatic hydroxyl groups is 1. The summed E-state index contributed by atoms with van der Waals surface area (Å²) in [5, 5.41) is 10.6.